The van der Waals surface area contributed by atoms with E-state index in [9.17, 15) is 4.79 Å². The number of nitrogens with one attached hydrogen (secondary N) is 1. The van der Waals surface area contributed by atoms with Crippen LogP contribution in [0.1, 0.15) is 18.5 Å². The first-order valence-electron chi connectivity index (χ1n) is 5.94. The lowest BCUT2D eigenvalue weighted by atomic mass is 10.3. The van der Waals surface area contributed by atoms with Crippen LogP contribution >= 0.6 is 11.3 Å². The molecule has 96 valence electrons. The van der Waals surface area contributed by atoms with Crippen LogP contribution in [-0.4, -0.2) is 27.0 Å². The molecule has 0 bridgehead atoms. The van der Waals surface area contributed by atoms with Gasteiger partial charge in [-0.3, -0.25) is 4.79 Å². The summed E-state index contributed by atoms with van der Waals surface area (Å²) in [6.07, 6.45) is 7.91. The molecule has 0 atom stereocenters. The molecule has 0 radical (unpaired) electrons. The second kappa shape index (κ2) is 6.90. The number of carbonyl (C=O) groups excluding carboxylic acids is 1. The molecule has 2 heterocycles. The zero-order chi connectivity index (χ0) is 12.6. The fourth-order valence-electron chi connectivity index (χ4n) is 1.62. The van der Waals surface area contributed by atoms with E-state index < -0.39 is 0 Å². The Hall–Kier alpha value is -1.69. The molecule has 0 aromatic carbocycles. The normalized spacial score (nSPS) is 10.4. The van der Waals surface area contributed by atoms with Crippen molar-refractivity contribution in [3.63, 3.8) is 0 Å². The summed E-state index contributed by atoms with van der Waals surface area (Å²) >= 11 is 1.51. The van der Waals surface area contributed by atoms with Gasteiger partial charge in [0, 0.05) is 30.9 Å². The van der Waals surface area contributed by atoms with Crippen molar-refractivity contribution in [2.24, 2.45) is 0 Å². The minimum absolute atomic E-state index is 0.0449. The standard InChI is InChI=1S/C12H16N4OS/c17-12(7-11-8-18-10-15-11)14-3-1-2-5-16-6-4-13-9-16/h4,6,8-10H,1-3,5,7H2,(H,14,17). The van der Waals surface area contributed by atoms with Gasteiger partial charge in [0.1, 0.15) is 0 Å². The number of nitrogens with zero attached hydrogens (tertiary/aromatic N) is 3. The van der Waals surface area contributed by atoms with Crippen molar-refractivity contribution in [1.82, 2.24) is 19.9 Å². The highest BCUT2D eigenvalue weighted by atomic mass is 32.1. The molecule has 5 nitrogen and oxygen atoms in total. The molecule has 0 aliphatic heterocycles. The largest absolute Gasteiger partial charge is 0.356 e. The number of thiazole rings is 1. The van der Waals surface area contributed by atoms with Crippen molar-refractivity contribution >= 4 is 17.2 Å². The molecule has 0 fully saturated rings. The number of aryl methyl sites for hydroxylation is 1. The highest BCUT2D eigenvalue weighted by Crippen LogP contribution is 2.01. The smallest absolute Gasteiger partial charge is 0.226 e. The number of unbranched alkanes of at least 4 members (excludes halogenated alkanes) is 1. The first-order valence-corrected chi connectivity index (χ1v) is 6.88. The van der Waals surface area contributed by atoms with Crippen LogP contribution in [0.3, 0.4) is 0 Å². The first kappa shape index (κ1) is 12.8. The van der Waals surface area contributed by atoms with Gasteiger partial charge in [0.25, 0.3) is 0 Å². The van der Waals surface area contributed by atoms with Crippen molar-refractivity contribution in [1.29, 1.82) is 0 Å². The Morgan fingerprint density at radius 1 is 1.44 bits per heavy atom. The summed E-state index contributed by atoms with van der Waals surface area (Å²) in [5.74, 6) is 0.0449. The predicted molar refractivity (Wildman–Crippen MR) is 70.3 cm³/mol. The average Bonchev–Trinajstić information content (AvgIpc) is 3.01. The maximum atomic E-state index is 11.5. The Morgan fingerprint density at radius 3 is 3.11 bits per heavy atom. The number of rotatable bonds is 7. The summed E-state index contributed by atoms with van der Waals surface area (Å²) in [6.45, 7) is 1.67. The van der Waals surface area contributed by atoms with Gasteiger partial charge in [0.2, 0.25) is 5.91 Å². The van der Waals surface area contributed by atoms with Crippen molar-refractivity contribution < 1.29 is 4.79 Å². The second-order valence-electron chi connectivity index (χ2n) is 4.01. The minimum Gasteiger partial charge on any atom is -0.356 e. The lowest BCUT2D eigenvalue weighted by Crippen LogP contribution is -2.26. The molecule has 0 spiro atoms. The quantitative estimate of drug-likeness (QED) is 0.771. The van der Waals surface area contributed by atoms with E-state index in [2.05, 4.69) is 15.3 Å². The predicted octanol–water partition coefficient (Wildman–Crippen LogP) is 1.48. The number of imidazole rings is 1. The molecule has 18 heavy (non-hydrogen) atoms. The van der Waals surface area contributed by atoms with Gasteiger partial charge in [-0.1, -0.05) is 0 Å². The zero-order valence-corrected chi connectivity index (χ0v) is 10.9. The fourth-order valence-corrected chi connectivity index (χ4v) is 2.18. The van der Waals surface area contributed by atoms with E-state index in [1.807, 2.05) is 16.1 Å². The molecule has 0 unspecified atom stereocenters. The van der Waals surface area contributed by atoms with E-state index in [0.717, 1.165) is 31.6 Å². The summed E-state index contributed by atoms with van der Waals surface area (Å²) < 4.78 is 2.04. The Labute approximate surface area is 110 Å². The zero-order valence-electron chi connectivity index (χ0n) is 10.1. The van der Waals surface area contributed by atoms with E-state index in [-0.39, 0.29) is 5.91 Å². The van der Waals surface area contributed by atoms with Crippen molar-refractivity contribution in [2.75, 3.05) is 6.54 Å². The summed E-state index contributed by atoms with van der Waals surface area (Å²) in [7, 11) is 0. The molecular formula is C12H16N4OS. The molecule has 6 heteroatoms. The van der Waals surface area contributed by atoms with Gasteiger partial charge < -0.3 is 9.88 Å². The molecule has 0 saturated carbocycles. The third-order valence-electron chi connectivity index (χ3n) is 2.55. The molecule has 1 N–H and O–H groups in total. The van der Waals surface area contributed by atoms with E-state index in [0.29, 0.717) is 6.42 Å². The van der Waals surface area contributed by atoms with Gasteiger partial charge in [-0.2, -0.15) is 0 Å². The molecule has 0 aliphatic rings. The van der Waals surface area contributed by atoms with Crippen LogP contribution in [0.2, 0.25) is 0 Å². The Bertz CT molecular complexity index is 452. The van der Waals surface area contributed by atoms with Crippen LogP contribution in [0.25, 0.3) is 0 Å². The lowest BCUT2D eigenvalue weighted by Gasteiger charge is -2.04. The van der Waals surface area contributed by atoms with Gasteiger partial charge in [-0.15, -0.1) is 11.3 Å². The highest BCUT2D eigenvalue weighted by Gasteiger charge is 2.03. The molecular weight excluding hydrogens is 248 g/mol. The third-order valence-corrected chi connectivity index (χ3v) is 3.18. The number of amides is 1. The molecule has 2 aromatic heterocycles. The summed E-state index contributed by atoms with van der Waals surface area (Å²) in [6, 6.07) is 0. The maximum Gasteiger partial charge on any atom is 0.226 e. The van der Waals surface area contributed by atoms with Gasteiger partial charge in [-0.25, -0.2) is 9.97 Å². The monoisotopic (exact) mass is 264 g/mol. The van der Waals surface area contributed by atoms with Crippen LogP contribution in [0.4, 0.5) is 0 Å². The second-order valence-corrected chi connectivity index (χ2v) is 4.73. The first-order chi connectivity index (χ1) is 8.84. The van der Waals surface area contributed by atoms with E-state index in [1.165, 1.54) is 11.3 Å². The van der Waals surface area contributed by atoms with E-state index in [1.54, 1.807) is 18.0 Å². The van der Waals surface area contributed by atoms with E-state index in [4.69, 9.17) is 0 Å². The van der Waals surface area contributed by atoms with Gasteiger partial charge >= 0.3 is 0 Å². The van der Waals surface area contributed by atoms with Crippen LogP contribution in [0, 0.1) is 0 Å². The SMILES string of the molecule is O=C(Cc1cscn1)NCCCCn1ccnc1. The highest BCUT2D eigenvalue weighted by molar-refractivity contribution is 7.07. The summed E-state index contributed by atoms with van der Waals surface area (Å²) in [5, 5.41) is 4.80. The van der Waals surface area contributed by atoms with Gasteiger partial charge in [0.05, 0.1) is 24.0 Å². The fraction of sp³-hybridized carbons (Fsp3) is 0.417. The number of hydrogen-bond acceptors (Lipinski definition) is 4. The Morgan fingerprint density at radius 2 is 2.39 bits per heavy atom. The Balaban J connectivity index is 1.54. The summed E-state index contributed by atoms with van der Waals surface area (Å²) in [4.78, 5) is 19.6. The third kappa shape index (κ3) is 4.29. The lowest BCUT2D eigenvalue weighted by molar-refractivity contribution is -0.120. The molecule has 2 rings (SSSR count). The molecule has 0 saturated heterocycles. The molecule has 1 amide bonds. The van der Waals surface area contributed by atoms with Gasteiger partial charge in [0.15, 0.2) is 0 Å². The number of hydrogen-bond donors (Lipinski definition) is 1. The minimum atomic E-state index is 0.0449. The maximum absolute atomic E-state index is 11.5. The summed E-state index contributed by atoms with van der Waals surface area (Å²) in [5.41, 5.74) is 2.59. The van der Waals surface area contributed by atoms with Crippen molar-refractivity contribution in [3.05, 3.63) is 35.3 Å². The van der Waals surface area contributed by atoms with Crippen LogP contribution < -0.4 is 5.32 Å². The van der Waals surface area contributed by atoms with Crippen molar-refractivity contribution in [3.8, 4) is 0 Å². The number of carbonyl (C=O) groups is 1. The average molecular weight is 264 g/mol. The van der Waals surface area contributed by atoms with Crippen LogP contribution in [0.5, 0.6) is 0 Å². The molecule has 0 aliphatic carbocycles. The van der Waals surface area contributed by atoms with Crippen molar-refractivity contribution in [2.45, 2.75) is 25.8 Å². The van der Waals surface area contributed by atoms with E-state index >= 15 is 0 Å². The van der Waals surface area contributed by atoms with Gasteiger partial charge in [-0.05, 0) is 12.8 Å². The molecule has 2 aromatic rings. The Kier molecular flexibility index (Phi) is 4.89. The number of aromatic nitrogens is 3. The van der Waals surface area contributed by atoms with Crippen LogP contribution in [-0.2, 0) is 17.8 Å². The van der Waals surface area contributed by atoms with Crippen LogP contribution in [0.15, 0.2) is 29.6 Å². The topological polar surface area (TPSA) is 59.8 Å².